The summed E-state index contributed by atoms with van der Waals surface area (Å²) < 4.78 is 16.2. The lowest BCUT2D eigenvalue weighted by molar-refractivity contribution is -0.243. The van der Waals surface area contributed by atoms with E-state index in [2.05, 4.69) is 6.92 Å². The highest BCUT2D eigenvalue weighted by Crippen LogP contribution is 2.04. The van der Waals surface area contributed by atoms with E-state index in [9.17, 15) is 0 Å². The Morgan fingerprint density at radius 1 is 0.933 bits per heavy atom. The van der Waals surface area contributed by atoms with Crippen LogP contribution in [0.2, 0.25) is 6.04 Å². The van der Waals surface area contributed by atoms with Crippen molar-refractivity contribution in [3.8, 4) is 0 Å². The Bertz CT molecular complexity index is 116. The lowest BCUT2D eigenvalue weighted by atomic mass is 10.2. The predicted octanol–water partition coefficient (Wildman–Crippen LogP) is 2.44. The van der Waals surface area contributed by atoms with E-state index in [1.807, 2.05) is 13.8 Å². The van der Waals surface area contributed by atoms with E-state index in [1.165, 1.54) is 31.7 Å². The molecule has 0 aromatic rings. The summed E-state index contributed by atoms with van der Waals surface area (Å²) in [5.74, 6) is 0. The second-order valence-electron chi connectivity index (χ2n) is 3.48. The number of rotatable bonds is 11. The lowest BCUT2D eigenvalue weighted by Crippen LogP contribution is -2.22. The largest absolute Gasteiger partial charge is 0.379 e. The van der Waals surface area contributed by atoms with Crippen molar-refractivity contribution in [3.05, 3.63) is 0 Å². The molecule has 0 aliphatic heterocycles. The lowest BCUT2D eigenvalue weighted by Gasteiger charge is -2.17. The fraction of sp³-hybridized carbons (Fsp3) is 1.00. The summed E-state index contributed by atoms with van der Waals surface area (Å²) in [6.45, 7) is 7.03. The molecule has 3 nitrogen and oxygen atoms in total. The normalized spacial score (nSPS) is 12.0. The maximum atomic E-state index is 5.60. The molecule has 0 aromatic heterocycles. The zero-order valence-corrected chi connectivity index (χ0v) is 11.9. The predicted molar refractivity (Wildman–Crippen MR) is 65.6 cm³/mol. The van der Waals surface area contributed by atoms with Crippen LogP contribution in [0.1, 0.15) is 46.5 Å². The van der Waals surface area contributed by atoms with Gasteiger partial charge in [0.05, 0.1) is 0 Å². The first kappa shape index (κ1) is 15.1. The van der Waals surface area contributed by atoms with Gasteiger partial charge in [-0.2, -0.15) is 0 Å². The summed E-state index contributed by atoms with van der Waals surface area (Å²) in [5, 5.41) is 0. The summed E-state index contributed by atoms with van der Waals surface area (Å²) in [4.78, 5) is 0. The van der Waals surface area contributed by atoms with Crippen molar-refractivity contribution in [2.24, 2.45) is 0 Å². The van der Waals surface area contributed by atoms with E-state index in [0.717, 1.165) is 0 Å². The van der Waals surface area contributed by atoms with Gasteiger partial charge in [0.1, 0.15) is 0 Å². The van der Waals surface area contributed by atoms with E-state index < -0.39 is 16.2 Å². The maximum Gasteiger partial charge on any atom is 0.261 e. The van der Waals surface area contributed by atoms with Crippen molar-refractivity contribution in [1.29, 1.82) is 0 Å². The summed E-state index contributed by atoms with van der Waals surface area (Å²) in [7, 11) is -0.455. The molecule has 0 aliphatic carbocycles. The third-order valence-electron chi connectivity index (χ3n) is 2.11. The van der Waals surface area contributed by atoms with Crippen LogP contribution in [0.4, 0.5) is 0 Å². The summed E-state index contributed by atoms with van der Waals surface area (Å²) >= 11 is 0. The van der Waals surface area contributed by atoms with E-state index in [1.54, 1.807) is 0 Å². The summed E-state index contributed by atoms with van der Waals surface area (Å²) in [5.41, 5.74) is 0. The van der Waals surface area contributed by atoms with Crippen LogP contribution in [0.15, 0.2) is 0 Å². The second kappa shape index (κ2) is 12.2. The molecule has 0 aromatic carbocycles. The van der Waals surface area contributed by atoms with Crippen LogP contribution in [0.5, 0.6) is 0 Å². The molecule has 0 saturated heterocycles. The van der Waals surface area contributed by atoms with Gasteiger partial charge in [-0.15, -0.1) is 0 Å². The van der Waals surface area contributed by atoms with Gasteiger partial charge in [-0.05, 0) is 19.9 Å². The monoisotopic (exact) mass is 234 g/mol. The Hall–Kier alpha value is 0.0969. The number of hydrogen-bond acceptors (Lipinski definition) is 3. The molecule has 0 unspecified atom stereocenters. The van der Waals surface area contributed by atoms with Crippen molar-refractivity contribution in [3.63, 3.8) is 0 Å². The zero-order valence-electron chi connectivity index (χ0n) is 10.5. The molecule has 0 atom stereocenters. The molecule has 4 heteroatoms. The van der Waals surface area contributed by atoms with Gasteiger partial charge in [0.25, 0.3) is 6.48 Å². The molecule has 15 heavy (non-hydrogen) atoms. The van der Waals surface area contributed by atoms with Crippen LogP contribution in [0.25, 0.3) is 0 Å². The topological polar surface area (TPSA) is 27.7 Å². The minimum absolute atomic E-state index is 0.405. The van der Waals surface area contributed by atoms with E-state index >= 15 is 0 Å². The molecule has 0 amide bonds. The molecule has 0 saturated carbocycles. The Labute approximate surface area is 96.4 Å². The van der Waals surface area contributed by atoms with E-state index in [-0.39, 0.29) is 0 Å². The van der Waals surface area contributed by atoms with Crippen molar-refractivity contribution in [2.45, 2.75) is 59.0 Å². The Morgan fingerprint density at radius 3 is 2.13 bits per heavy atom. The van der Waals surface area contributed by atoms with Crippen molar-refractivity contribution < 1.29 is 13.9 Å². The van der Waals surface area contributed by atoms with Gasteiger partial charge in [0.15, 0.2) is 9.76 Å². The molecule has 0 N–H and O–H groups in total. The van der Waals surface area contributed by atoms with Gasteiger partial charge in [0.2, 0.25) is 0 Å². The molecule has 0 heterocycles. The van der Waals surface area contributed by atoms with Crippen LogP contribution < -0.4 is 0 Å². The zero-order chi connectivity index (χ0) is 11.4. The maximum absolute atomic E-state index is 5.60. The quantitative estimate of drug-likeness (QED) is 0.312. The Kier molecular flexibility index (Phi) is 12.2. The highest BCUT2D eigenvalue weighted by Gasteiger charge is 2.06. The van der Waals surface area contributed by atoms with Crippen molar-refractivity contribution >= 4 is 9.76 Å². The SMILES string of the molecule is CCCCCC[SiH2]OC(OCC)OCC. The third-order valence-corrected chi connectivity index (χ3v) is 3.40. The molecule has 92 valence electrons. The minimum Gasteiger partial charge on any atom is -0.379 e. The average Bonchev–Trinajstić information content (AvgIpc) is 2.24. The Morgan fingerprint density at radius 2 is 1.60 bits per heavy atom. The van der Waals surface area contributed by atoms with Crippen LogP contribution >= 0.6 is 0 Å². The molecule has 0 radical (unpaired) electrons. The van der Waals surface area contributed by atoms with Crippen LogP contribution in [0, 0.1) is 0 Å². The van der Waals surface area contributed by atoms with Crippen molar-refractivity contribution in [1.82, 2.24) is 0 Å². The summed E-state index contributed by atoms with van der Waals surface area (Å²) in [6, 6.07) is 1.23. The van der Waals surface area contributed by atoms with Gasteiger partial charge < -0.3 is 13.9 Å². The molecular weight excluding hydrogens is 208 g/mol. The minimum atomic E-state index is -0.455. The van der Waals surface area contributed by atoms with Crippen LogP contribution in [-0.4, -0.2) is 29.5 Å². The van der Waals surface area contributed by atoms with Crippen LogP contribution in [-0.2, 0) is 13.9 Å². The number of ether oxygens (including phenoxy) is 2. The fourth-order valence-corrected chi connectivity index (χ4v) is 2.41. The third kappa shape index (κ3) is 10.4. The first-order valence-electron chi connectivity index (χ1n) is 6.19. The number of unbranched alkanes of at least 4 members (excludes halogenated alkanes) is 3. The average molecular weight is 234 g/mol. The molecule has 0 fully saturated rings. The van der Waals surface area contributed by atoms with Gasteiger partial charge in [-0.3, -0.25) is 0 Å². The van der Waals surface area contributed by atoms with Gasteiger partial charge in [0, 0.05) is 13.2 Å². The first-order chi connectivity index (χ1) is 7.35. The first-order valence-corrected chi connectivity index (χ1v) is 7.77. The van der Waals surface area contributed by atoms with Crippen molar-refractivity contribution in [2.75, 3.05) is 13.2 Å². The molecular formula is C11H26O3Si. The smallest absolute Gasteiger partial charge is 0.261 e. The standard InChI is InChI=1S/C11H26O3Si/c1-4-7-8-9-10-15-14-11(12-5-2)13-6-3/h11H,4-10,15H2,1-3H3. The summed E-state index contributed by atoms with van der Waals surface area (Å²) in [6.07, 6.45) is 5.27. The van der Waals surface area contributed by atoms with E-state index in [0.29, 0.717) is 13.2 Å². The molecule has 0 bridgehead atoms. The highest BCUT2D eigenvalue weighted by molar-refractivity contribution is 6.27. The highest BCUT2D eigenvalue weighted by atomic mass is 28.2. The molecule has 0 rings (SSSR count). The van der Waals surface area contributed by atoms with E-state index in [4.69, 9.17) is 13.9 Å². The molecule has 0 spiro atoms. The Balaban J connectivity index is 3.28. The van der Waals surface area contributed by atoms with Gasteiger partial charge in [-0.1, -0.05) is 32.6 Å². The number of hydrogen-bond donors (Lipinski definition) is 0. The molecule has 0 aliphatic rings. The second-order valence-corrected chi connectivity index (χ2v) is 4.93. The van der Waals surface area contributed by atoms with Gasteiger partial charge >= 0.3 is 0 Å². The fourth-order valence-electron chi connectivity index (χ4n) is 1.30. The van der Waals surface area contributed by atoms with Gasteiger partial charge in [-0.25, -0.2) is 0 Å². The van der Waals surface area contributed by atoms with Crippen LogP contribution in [0.3, 0.4) is 0 Å².